The summed E-state index contributed by atoms with van der Waals surface area (Å²) in [6.07, 6.45) is -3.27. The van der Waals surface area contributed by atoms with Crippen LogP contribution in [0.2, 0.25) is 5.02 Å². The maximum atomic E-state index is 13.9. The van der Waals surface area contributed by atoms with Crippen molar-refractivity contribution >= 4 is 40.0 Å². The Balaban J connectivity index is 1.87. The molecule has 0 bridgehead atoms. The van der Waals surface area contributed by atoms with Gasteiger partial charge in [-0.1, -0.05) is 11.6 Å². The van der Waals surface area contributed by atoms with E-state index in [1.165, 1.54) is 32.3 Å². The summed E-state index contributed by atoms with van der Waals surface area (Å²) in [6, 6.07) is 4.16. The Bertz CT molecular complexity index is 1270. The van der Waals surface area contributed by atoms with Crippen molar-refractivity contribution < 1.29 is 18.0 Å². The number of piperazine rings is 1. The molecule has 4 rings (SSSR count). The maximum Gasteiger partial charge on any atom is 0.418 e. The van der Waals surface area contributed by atoms with Crippen LogP contribution in [-0.4, -0.2) is 50.9 Å². The van der Waals surface area contributed by atoms with Crippen molar-refractivity contribution in [3.63, 3.8) is 0 Å². The second-order valence-electron chi connectivity index (χ2n) is 8.66. The first-order valence-corrected chi connectivity index (χ1v) is 11.1. The highest BCUT2D eigenvalue weighted by atomic mass is 35.5. The highest BCUT2D eigenvalue weighted by molar-refractivity contribution is 6.34. The smallest absolute Gasteiger partial charge is 0.384 e. The molecule has 34 heavy (non-hydrogen) atoms. The average Bonchev–Trinajstić information content (AvgIpc) is 2.71. The molecule has 2 aromatic heterocycles. The molecule has 180 valence electrons. The first-order valence-electron chi connectivity index (χ1n) is 10.7. The van der Waals surface area contributed by atoms with Crippen LogP contribution < -0.4 is 10.6 Å². The van der Waals surface area contributed by atoms with Gasteiger partial charge >= 0.3 is 6.18 Å². The van der Waals surface area contributed by atoms with Crippen molar-refractivity contribution in [3.05, 3.63) is 40.7 Å². The molecule has 2 atom stereocenters. The van der Waals surface area contributed by atoms with E-state index < -0.39 is 11.7 Å². The lowest BCUT2D eigenvalue weighted by Gasteiger charge is -2.45. The Hall–Kier alpha value is -3.14. The van der Waals surface area contributed by atoms with Crippen LogP contribution >= 0.6 is 11.6 Å². The Morgan fingerprint density at radius 3 is 2.38 bits per heavy atom. The topological polar surface area (TPSA) is 88.2 Å². The van der Waals surface area contributed by atoms with Gasteiger partial charge < -0.3 is 15.5 Å². The number of carbonyl (C=O) groups excluding carboxylic acids is 1. The average molecular weight is 493 g/mol. The second-order valence-corrected chi connectivity index (χ2v) is 9.07. The van der Waals surface area contributed by atoms with Crippen LogP contribution in [-0.2, 0) is 11.0 Å². The molecule has 2 N–H and O–H groups in total. The van der Waals surface area contributed by atoms with Gasteiger partial charge in [-0.05, 0) is 44.5 Å². The molecule has 1 fully saturated rings. The number of carbonyl (C=O) groups is 1. The van der Waals surface area contributed by atoms with E-state index in [0.29, 0.717) is 29.8 Å². The van der Waals surface area contributed by atoms with Crippen molar-refractivity contribution in [3.8, 4) is 11.3 Å². The molecule has 1 amide bonds. The van der Waals surface area contributed by atoms with Crippen LogP contribution in [0.5, 0.6) is 0 Å². The molecule has 1 saturated heterocycles. The first-order chi connectivity index (χ1) is 15.9. The van der Waals surface area contributed by atoms with Gasteiger partial charge in [-0.25, -0.2) is 15.0 Å². The second kappa shape index (κ2) is 8.57. The number of anilines is 2. The quantitative estimate of drug-likeness (QED) is 0.558. The zero-order chi connectivity index (χ0) is 24.9. The van der Waals surface area contributed by atoms with Crippen LogP contribution in [0, 0.1) is 6.92 Å². The largest absolute Gasteiger partial charge is 0.418 e. The molecule has 1 aliphatic rings. The number of hydrogen-bond donors (Lipinski definition) is 1. The molecular formula is C23H24ClF3N6O. The van der Waals surface area contributed by atoms with Crippen LogP contribution in [0.1, 0.15) is 31.9 Å². The predicted molar refractivity (Wildman–Crippen MR) is 126 cm³/mol. The molecular weight excluding hydrogens is 469 g/mol. The number of nitrogens with zero attached hydrogens (tertiary/aromatic N) is 5. The van der Waals surface area contributed by atoms with Gasteiger partial charge in [-0.15, -0.1) is 0 Å². The van der Waals surface area contributed by atoms with E-state index in [1.54, 1.807) is 11.0 Å². The third kappa shape index (κ3) is 4.22. The van der Waals surface area contributed by atoms with E-state index in [0.717, 1.165) is 0 Å². The summed E-state index contributed by atoms with van der Waals surface area (Å²) < 4.78 is 41.6. The van der Waals surface area contributed by atoms with Crippen molar-refractivity contribution in [1.82, 2.24) is 19.9 Å². The van der Waals surface area contributed by atoms with Crippen LogP contribution in [0.25, 0.3) is 22.2 Å². The van der Waals surface area contributed by atoms with Gasteiger partial charge in [0.2, 0.25) is 5.91 Å². The molecule has 0 saturated carbocycles. The third-order valence-electron chi connectivity index (χ3n) is 6.09. The van der Waals surface area contributed by atoms with Crippen molar-refractivity contribution in [2.75, 3.05) is 23.7 Å². The van der Waals surface area contributed by atoms with Crippen LogP contribution in [0.4, 0.5) is 24.8 Å². The summed E-state index contributed by atoms with van der Waals surface area (Å²) in [5, 5.41) is 0.676. The zero-order valence-electron chi connectivity index (χ0n) is 19.1. The minimum Gasteiger partial charge on any atom is -0.384 e. The molecule has 0 radical (unpaired) electrons. The van der Waals surface area contributed by atoms with E-state index in [-0.39, 0.29) is 45.7 Å². The van der Waals surface area contributed by atoms with Crippen molar-refractivity contribution in [2.24, 2.45) is 0 Å². The summed E-state index contributed by atoms with van der Waals surface area (Å²) >= 11 is 6.54. The zero-order valence-corrected chi connectivity index (χ0v) is 19.9. The van der Waals surface area contributed by atoms with E-state index in [1.807, 2.05) is 13.8 Å². The number of aromatic nitrogens is 3. The number of pyridine rings is 1. The van der Waals surface area contributed by atoms with E-state index in [2.05, 4.69) is 19.9 Å². The summed E-state index contributed by atoms with van der Waals surface area (Å²) in [5.74, 6) is 0.574. The highest BCUT2D eigenvalue weighted by Gasteiger charge is 2.38. The van der Waals surface area contributed by atoms with E-state index in [9.17, 15) is 18.0 Å². The minimum absolute atomic E-state index is 0.00368. The highest BCUT2D eigenvalue weighted by Crippen LogP contribution is 2.42. The van der Waals surface area contributed by atoms with Crippen LogP contribution in [0.15, 0.2) is 24.5 Å². The fraction of sp³-hybridized carbons (Fsp3) is 0.391. The molecule has 0 aliphatic carbocycles. The fourth-order valence-electron chi connectivity index (χ4n) is 4.70. The Kier molecular flexibility index (Phi) is 6.05. The lowest BCUT2D eigenvalue weighted by molar-refractivity contribution is -0.137. The maximum absolute atomic E-state index is 13.9. The SMILES string of the molecule is CC(=O)N1CC(C)N(c2ncnc3cc(-c4nc(N)cc(C)c4C(F)(F)F)c(Cl)cc23)C(C)C1. The third-order valence-corrected chi connectivity index (χ3v) is 6.40. The number of rotatable bonds is 2. The number of alkyl halides is 3. The summed E-state index contributed by atoms with van der Waals surface area (Å²) in [4.78, 5) is 28.5. The van der Waals surface area contributed by atoms with Gasteiger partial charge in [0.05, 0.1) is 21.8 Å². The Morgan fingerprint density at radius 2 is 1.79 bits per heavy atom. The number of benzene rings is 1. The summed E-state index contributed by atoms with van der Waals surface area (Å²) in [5.41, 5.74) is 5.02. The Labute approximate surface area is 199 Å². The van der Waals surface area contributed by atoms with E-state index >= 15 is 0 Å². The normalized spacial score (nSPS) is 19.1. The molecule has 7 nitrogen and oxygen atoms in total. The number of aryl methyl sites for hydroxylation is 1. The van der Waals surface area contributed by atoms with Gasteiger partial charge in [0.15, 0.2) is 0 Å². The molecule has 1 aliphatic heterocycles. The standard InChI is InChI=1S/C23H24ClF3N6O/c1-11-5-19(28)31-21(20(11)23(25,26)27)15-7-18-16(6-17(15)24)22(30-10-29-18)33-12(2)8-32(14(4)34)9-13(33)3/h5-7,10,12-13H,8-9H2,1-4H3,(H2,28,31). The van der Waals surface area contributed by atoms with Gasteiger partial charge in [0.1, 0.15) is 18.0 Å². The van der Waals surface area contributed by atoms with Crippen molar-refractivity contribution in [1.29, 1.82) is 0 Å². The van der Waals surface area contributed by atoms with Crippen molar-refractivity contribution in [2.45, 2.75) is 46.0 Å². The number of hydrogen-bond acceptors (Lipinski definition) is 6. The number of fused-ring (bicyclic) bond motifs is 1. The molecule has 2 unspecified atom stereocenters. The van der Waals surface area contributed by atoms with Gasteiger partial charge in [0.25, 0.3) is 0 Å². The Morgan fingerprint density at radius 1 is 1.15 bits per heavy atom. The lowest BCUT2D eigenvalue weighted by Crippen LogP contribution is -2.58. The van der Waals surface area contributed by atoms with Crippen LogP contribution in [0.3, 0.4) is 0 Å². The molecule has 3 aromatic rings. The first kappa shape index (κ1) is 24.0. The minimum atomic E-state index is -4.64. The molecule has 3 heterocycles. The van der Waals surface area contributed by atoms with Gasteiger partial charge in [0, 0.05) is 43.0 Å². The molecule has 1 aromatic carbocycles. The predicted octanol–water partition coefficient (Wildman–Crippen LogP) is 4.70. The molecule has 11 heteroatoms. The monoisotopic (exact) mass is 492 g/mol. The number of nitrogens with two attached hydrogens (primary N) is 1. The summed E-state index contributed by atoms with van der Waals surface area (Å²) in [7, 11) is 0. The number of amides is 1. The number of nitrogen functional groups attached to an aromatic ring is 1. The number of halogens is 4. The van der Waals surface area contributed by atoms with Gasteiger partial charge in [-0.3, -0.25) is 4.79 Å². The summed E-state index contributed by atoms with van der Waals surface area (Å²) in [6.45, 7) is 7.91. The molecule has 0 spiro atoms. The lowest BCUT2D eigenvalue weighted by atomic mass is 9.99. The van der Waals surface area contributed by atoms with Gasteiger partial charge in [-0.2, -0.15) is 13.2 Å². The fourth-order valence-corrected chi connectivity index (χ4v) is 4.95. The van der Waals surface area contributed by atoms with E-state index in [4.69, 9.17) is 17.3 Å².